The van der Waals surface area contributed by atoms with Gasteiger partial charge in [-0.1, -0.05) is 60.7 Å². The zero-order chi connectivity index (χ0) is 18.4. The largest absolute Gasteiger partial charge is 0.394 e. The highest BCUT2D eigenvalue weighted by atomic mass is 16.7. The lowest BCUT2D eigenvalue weighted by molar-refractivity contribution is -0.312. The lowest BCUT2D eigenvalue weighted by atomic mass is 9.99. The van der Waals surface area contributed by atoms with Crippen molar-refractivity contribution in [3.05, 3.63) is 71.8 Å². The van der Waals surface area contributed by atoms with Crippen molar-refractivity contribution in [2.24, 2.45) is 0 Å². The van der Waals surface area contributed by atoms with Crippen molar-refractivity contribution in [3.63, 3.8) is 0 Å². The molecular weight excluding hydrogens is 336 g/mol. The highest BCUT2D eigenvalue weighted by Gasteiger charge is 2.45. The average molecular weight is 360 g/mol. The summed E-state index contributed by atoms with van der Waals surface area (Å²) in [5.74, 6) is 0. The maximum Gasteiger partial charge on any atom is 0.187 e. The molecule has 1 saturated heterocycles. The average Bonchev–Trinajstić information content (AvgIpc) is 2.69. The fraction of sp³-hybridized carbons (Fsp3) is 0.400. The van der Waals surface area contributed by atoms with E-state index in [1.807, 2.05) is 60.7 Å². The van der Waals surface area contributed by atoms with Gasteiger partial charge in [0.2, 0.25) is 0 Å². The molecule has 0 saturated carbocycles. The number of benzene rings is 2. The summed E-state index contributed by atoms with van der Waals surface area (Å²) in [6, 6.07) is 18.9. The van der Waals surface area contributed by atoms with Crippen molar-refractivity contribution in [3.8, 4) is 0 Å². The van der Waals surface area contributed by atoms with E-state index in [0.717, 1.165) is 11.1 Å². The number of ether oxygens (including phenoxy) is 3. The van der Waals surface area contributed by atoms with Crippen molar-refractivity contribution in [1.82, 2.24) is 0 Å². The van der Waals surface area contributed by atoms with Crippen molar-refractivity contribution < 1.29 is 29.5 Å². The van der Waals surface area contributed by atoms with E-state index >= 15 is 0 Å². The van der Waals surface area contributed by atoms with Gasteiger partial charge >= 0.3 is 0 Å². The Morgan fingerprint density at radius 3 is 1.85 bits per heavy atom. The topological polar surface area (TPSA) is 88.4 Å². The molecule has 1 fully saturated rings. The molecule has 6 nitrogen and oxygen atoms in total. The number of rotatable bonds is 7. The molecule has 2 aromatic carbocycles. The SMILES string of the molecule is OC[C@H]1O[C@@H](OCc2ccccc2)[C@H](O)[C@@H](OCc2ccccc2)[C@H]1O. The molecule has 2 aromatic rings. The summed E-state index contributed by atoms with van der Waals surface area (Å²) in [5, 5.41) is 30.4. The van der Waals surface area contributed by atoms with Crippen LogP contribution in [0.4, 0.5) is 0 Å². The number of aliphatic hydroxyl groups excluding tert-OH is 3. The highest BCUT2D eigenvalue weighted by molar-refractivity contribution is 5.14. The van der Waals surface area contributed by atoms with Crippen LogP contribution in [-0.2, 0) is 27.4 Å². The first-order valence-electron chi connectivity index (χ1n) is 8.62. The second kappa shape index (κ2) is 9.23. The summed E-state index contributed by atoms with van der Waals surface area (Å²) >= 11 is 0. The summed E-state index contributed by atoms with van der Waals surface area (Å²) in [6.07, 6.45) is -5.16. The zero-order valence-corrected chi connectivity index (χ0v) is 14.3. The molecule has 26 heavy (non-hydrogen) atoms. The molecule has 0 radical (unpaired) electrons. The van der Waals surface area contributed by atoms with E-state index in [-0.39, 0.29) is 13.2 Å². The van der Waals surface area contributed by atoms with Gasteiger partial charge in [0.05, 0.1) is 19.8 Å². The normalized spacial score (nSPS) is 28.8. The summed E-state index contributed by atoms with van der Waals surface area (Å²) in [6.45, 7) is 0.0652. The molecule has 0 aromatic heterocycles. The fourth-order valence-corrected chi connectivity index (χ4v) is 2.91. The van der Waals surface area contributed by atoms with E-state index in [4.69, 9.17) is 14.2 Å². The number of aliphatic hydroxyl groups is 3. The maximum absolute atomic E-state index is 10.6. The second-order valence-electron chi connectivity index (χ2n) is 6.26. The first-order valence-corrected chi connectivity index (χ1v) is 8.62. The molecule has 0 aliphatic carbocycles. The highest BCUT2D eigenvalue weighted by Crippen LogP contribution is 2.26. The molecule has 5 atom stereocenters. The van der Waals surface area contributed by atoms with Gasteiger partial charge in [-0.15, -0.1) is 0 Å². The number of hydrogen-bond acceptors (Lipinski definition) is 6. The van der Waals surface area contributed by atoms with E-state index < -0.39 is 37.3 Å². The Bertz CT molecular complexity index is 650. The quantitative estimate of drug-likeness (QED) is 0.688. The van der Waals surface area contributed by atoms with E-state index in [0.29, 0.717) is 0 Å². The Balaban J connectivity index is 1.64. The van der Waals surface area contributed by atoms with Gasteiger partial charge in [-0.3, -0.25) is 0 Å². The standard InChI is InChI=1S/C20H24O6/c21-11-16-17(22)19(24-12-14-7-3-1-4-8-14)18(23)20(26-16)25-13-15-9-5-2-6-10-15/h1-10,16-23H,11-13H2/t16-,17+,18-,19+,20-/m1/s1. The molecule has 3 N–H and O–H groups in total. The molecule has 1 heterocycles. The molecule has 3 rings (SSSR count). The molecular formula is C20H24O6. The third-order valence-electron chi connectivity index (χ3n) is 4.36. The van der Waals surface area contributed by atoms with Crippen LogP contribution >= 0.6 is 0 Å². The monoisotopic (exact) mass is 360 g/mol. The van der Waals surface area contributed by atoms with Crippen LogP contribution in [0, 0.1) is 0 Å². The Morgan fingerprint density at radius 1 is 0.769 bits per heavy atom. The lowest BCUT2D eigenvalue weighted by Gasteiger charge is -2.41. The van der Waals surface area contributed by atoms with Crippen LogP contribution in [-0.4, -0.2) is 52.6 Å². The summed E-state index contributed by atoms with van der Waals surface area (Å²) < 4.78 is 16.9. The van der Waals surface area contributed by atoms with Gasteiger partial charge in [-0.2, -0.15) is 0 Å². The van der Waals surface area contributed by atoms with Gasteiger partial charge < -0.3 is 29.5 Å². The Kier molecular flexibility index (Phi) is 6.73. The van der Waals surface area contributed by atoms with E-state index in [2.05, 4.69) is 0 Å². The molecule has 1 aliphatic heterocycles. The molecule has 0 bridgehead atoms. The van der Waals surface area contributed by atoms with Crippen LogP contribution < -0.4 is 0 Å². The van der Waals surface area contributed by atoms with Crippen molar-refractivity contribution in [2.75, 3.05) is 6.61 Å². The Labute approximate surface area is 152 Å². The van der Waals surface area contributed by atoms with Crippen LogP contribution in [0.25, 0.3) is 0 Å². The summed E-state index contributed by atoms with van der Waals surface area (Å²) in [4.78, 5) is 0. The first kappa shape index (κ1) is 19.0. The minimum absolute atomic E-state index is 0.225. The van der Waals surface area contributed by atoms with Gasteiger partial charge in [0.1, 0.15) is 24.4 Å². The van der Waals surface area contributed by atoms with Gasteiger partial charge in [-0.05, 0) is 11.1 Å². The summed E-state index contributed by atoms with van der Waals surface area (Å²) in [5.41, 5.74) is 1.84. The minimum atomic E-state index is -1.18. The maximum atomic E-state index is 10.6. The smallest absolute Gasteiger partial charge is 0.187 e. The molecule has 0 unspecified atom stereocenters. The van der Waals surface area contributed by atoms with Crippen molar-refractivity contribution >= 4 is 0 Å². The predicted octanol–water partition coefficient (Wildman–Crippen LogP) is 1.23. The molecule has 0 amide bonds. The van der Waals surface area contributed by atoms with Crippen molar-refractivity contribution in [2.45, 2.75) is 43.9 Å². The van der Waals surface area contributed by atoms with Gasteiger partial charge in [0.25, 0.3) is 0 Å². The summed E-state index contributed by atoms with van der Waals surface area (Å²) in [7, 11) is 0. The van der Waals surface area contributed by atoms with Crippen LogP contribution in [0.2, 0.25) is 0 Å². The van der Waals surface area contributed by atoms with Crippen LogP contribution in [0.15, 0.2) is 60.7 Å². The van der Waals surface area contributed by atoms with E-state index in [1.165, 1.54) is 0 Å². The second-order valence-corrected chi connectivity index (χ2v) is 6.26. The van der Waals surface area contributed by atoms with Crippen molar-refractivity contribution in [1.29, 1.82) is 0 Å². The van der Waals surface area contributed by atoms with Gasteiger partial charge in [0.15, 0.2) is 6.29 Å². The first-order chi connectivity index (χ1) is 12.7. The Morgan fingerprint density at radius 2 is 1.31 bits per heavy atom. The molecule has 140 valence electrons. The van der Waals surface area contributed by atoms with Crippen LogP contribution in [0.5, 0.6) is 0 Å². The Hall–Kier alpha value is -1.80. The predicted molar refractivity (Wildman–Crippen MR) is 94.0 cm³/mol. The third-order valence-corrected chi connectivity index (χ3v) is 4.36. The van der Waals surface area contributed by atoms with Gasteiger partial charge in [0, 0.05) is 0 Å². The molecule has 6 heteroatoms. The number of hydrogen-bond donors (Lipinski definition) is 3. The molecule has 0 spiro atoms. The minimum Gasteiger partial charge on any atom is -0.394 e. The third kappa shape index (κ3) is 4.67. The fourth-order valence-electron chi connectivity index (χ4n) is 2.91. The van der Waals surface area contributed by atoms with Crippen LogP contribution in [0.1, 0.15) is 11.1 Å². The molecule has 1 aliphatic rings. The van der Waals surface area contributed by atoms with Crippen LogP contribution in [0.3, 0.4) is 0 Å². The van der Waals surface area contributed by atoms with E-state index in [9.17, 15) is 15.3 Å². The zero-order valence-electron chi connectivity index (χ0n) is 14.3. The lowest BCUT2D eigenvalue weighted by Crippen LogP contribution is -2.60. The van der Waals surface area contributed by atoms with Gasteiger partial charge in [-0.25, -0.2) is 0 Å². The van der Waals surface area contributed by atoms with E-state index in [1.54, 1.807) is 0 Å².